The van der Waals surface area contributed by atoms with Crippen molar-refractivity contribution in [2.24, 2.45) is 0 Å². The third-order valence-electron chi connectivity index (χ3n) is 3.43. The molecule has 1 aliphatic rings. The smallest absolute Gasteiger partial charge is 0.223 e. The van der Waals surface area contributed by atoms with Gasteiger partial charge in [0, 0.05) is 25.6 Å². The molecule has 3 heteroatoms. The van der Waals surface area contributed by atoms with Crippen LogP contribution in [0.3, 0.4) is 0 Å². The first-order chi connectivity index (χ1) is 8.72. The van der Waals surface area contributed by atoms with Gasteiger partial charge in [-0.15, -0.1) is 0 Å². The summed E-state index contributed by atoms with van der Waals surface area (Å²) in [5, 5.41) is 0. The average molecular weight is 245 g/mol. The number of aryl methyl sites for hydroxylation is 2. The summed E-state index contributed by atoms with van der Waals surface area (Å²) >= 11 is 0. The van der Waals surface area contributed by atoms with Gasteiger partial charge in [0.2, 0.25) is 5.91 Å². The molecule has 1 amide bonds. The van der Waals surface area contributed by atoms with Crippen molar-refractivity contribution in [3.63, 3.8) is 0 Å². The maximum Gasteiger partial charge on any atom is 0.223 e. The van der Waals surface area contributed by atoms with Crippen molar-refractivity contribution < 1.29 is 9.59 Å². The van der Waals surface area contributed by atoms with Crippen LogP contribution in [0.15, 0.2) is 18.2 Å². The number of fused-ring (bicyclic) bond motifs is 1. The van der Waals surface area contributed by atoms with Crippen molar-refractivity contribution in [3.8, 4) is 0 Å². The Kier molecular flexibility index (Phi) is 4.13. The highest BCUT2D eigenvalue weighted by molar-refractivity contribution is 5.92. The van der Waals surface area contributed by atoms with Crippen LogP contribution in [0.25, 0.3) is 0 Å². The van der Waals surface area contributed by atoms with Gasteiger partial charge >= 0.3 is 0 Å². The molecule has 0 fully saturated rings. The molecule has 1 aliphatic heterocycles. The topological polar surface area (TPSA) is 37.4 Å². The highest BCUT2D eigenvalue weighted by atomic mass is 16.2. The van der Waals surface area contributed by atoms with Gasteiger partial charge in [-0.2, -0.15) is 0 Å². The molecule has 96 valence electrons. The Hall–Kier alpha value is -1.64. The minimum absolute atomic E-state index is 0.115. The third kappa shape index (κ3) is 2.78. The standard InChI is InChI=1S/C15H19NO2/c1-12(18)16-9-4-6-14-11-13(5-2-3-10-17)7-8-15(14)16/h7-8,10-11H,2-6,9H2,1H3. The Morgan fingerprint density at radius 2 is 2.28 bits per heavy atom. The molecule has 3 nitrogen and oxygen atoms in total. The SMILES string of the molecule is CC(=O)N1CCCc2cc(CCCC=O)ccc21. The number of nitrogens with zero attached hydrogens (tertiary/aromatic N) is 1. The monoisotopic (exact) mass is 245 g/mol. The van der Waals surface area contributed by atoms with Crippen LogP contribution in [0.2, 0.25) is 0 Å². The van der Waals surface area contributed by atoms with Crippen LogP contribution in [0.5, 0.6) is 0 Å². The number of carbonyl (C=O) groups excluding carboxylic acids is 2. The van der Waals surface area contributed by atoms with Crippen molar-refractivity contribution in [2.75, 3.05) is 11.4 Å². The van der Waals surface area contributed by atoms with Crippen molar-refractivity contribution >= 4 is 17.9 Å². The lowest BCUT2D eigenvalue weighted by Gasteiger charge is -2.29. The van der Waals surface area contributed by atoms with E-state index in [0.29, 0.717) is 6.42 Å². The summed E-state index contributed by atoms with van der Waals surface area (Å²) < 4.78 is 0. The Balaban J connectivity index is 2.16. The minimum Gasteiger partial charge on any atom is -0.312 e. The zero-order chi connectivity index (χ0) is 13.0. The van der Waals surface area contributed by atoms with Gasteiger partial charge in [0.15, 0.2) is 0 Å². The molecule has 0 bridgehead atoms. The van der Waals surface area contributed by atoms with E-state index >= 15 is 0 Å². The molecule has 0 saturated carbocycles. The molecular weight excluding hydrogens is 226 g/mol. The van der Waals surface area contributed by atoms with E-state index < -0.39 is 0 Å². The number of rotatable bonds is 4. The molecule has 18 heavy (non-hydrogen) atoms. The lowest BCUT2D eigenvalue weighted by molar-refractivity contribution is -0.116. The van der Waals surface area contributed by atoms with Gasteiger partial charge in [-0.3, -0.25) is 4.79 Å². The Morgan fingerprint density at radius 3 is 3.00 bits per heavy atom. The van der Waals surface area contributed by atoms with Gasteiger partial charge in [0.05, 0.1) is 0 Å². The summed E-state index contributed by atoms with van der Waals surface area (Å²) in [4.78, 5) is 23.7. The Morgan fingerprint density at radius 1 is 1.44 bits per heavy atom. The van der Waals surface area contributed by atoms with E-state index in [4.69, 9.17) is 0 Å². The van der Waals surface area contributed by atoms with Gasteiger partial charge < -0.3 is 9.69 Å². The second-order valence-electron chi connectivity index (χ2n) is 4.80. The van der Waals surface area contributed by atoms with E-state index in [1.54, 1.807) is 6.92 Å². The van der Waals surface area contributed by atoms with E-state index in [9.17, 15) is 9.59 Å². The van der Waals surface area contributed by atoms with Gasteiger partial charge in [-0.05, 0) is 42.9 Å². The predicted octanol–water partition coefficient (Wildman–Crippen LogP) is 2.51. The maximum atomic E-state index is 11.5. The third-order valence-corrected chi connectivity index (χ3v) is 3.43. The van der Waals surface area contributed by atoms with Gasteiger partial charge in [-0.25, -0.2) is 0 Å². The highest BCUT2D eigenvalue weighted by Crippen LogP contribution is 2.28. The van der Waals surface area contributed by atoms with Crippen molar-refractivity contribution in [1.29, 1.82) is 0 Å². The number of unbranched alkanes of at least 4 members (excludes halogenated alkanes) is 1. The summed E-state index contributed by atoms with van der Waals surface area (Å²) in [6.07, 6.45) is 5.50. The number of hydrogen-bond acceptors (Lipinski definition) is 2. The van der Waals surface area contributed by atoms with Crippen LogP contribution >= 0.6 is 0 Å². The molecule has 0 spiro atoms. The molecule has 0 aliphatic carbocycles. The molecule has 2 rings (SSSR count). The van der Waals surface area contributed by atoms with Crippen LogP contribution < -0.4 is 4.90 Å². The molecule has 1 heterocycles. The summed E-state index contributed by atoms with van der Waals surface area (Å²) in [5.41, 5.74) is 3.59. The second-order valence-corrected chi connectivity index (χ2v) is 4.80. The molecule has 0 N–H and O–H groups in total. The largest absolute Gasteiger partial charge is 0.312 e. The average Bonchev–Trinajstić information content (AvgIpc) is 2.38. The molecule has 0 aromatic heterocycles. The number of anilines is 1. The molecule has 0 saturated heterocycles. The fraction of sp³-hybridized carbons (Fsp3) is 0.467. The van der Waals surface area contributed by atoms with Gasteiger partial charge in [0.1, 0.15) is 6.29 Å². The number of hydrogen-bond donors (Lipinski definition) is 0. The minimum atomic E-state index is 0.115. The predicted molar refractivity (Wildman–Crippen MR) is 71.8 cm³/mol. The zero-order valence-corrected chi connectivity index (χ0v) is 10.8. The van der Waals surface area contributed by atoms with Crippen molar-refractivity contribution in [2.45, 2.75) is 39.0 Å². The van der Waals surface area contributed by atoms with E-state index in [-0.39, 0.29) is 5.91 Å². The number of aldehydes is 1. The quantitative estimate of drug-likeness (QED) is 0.603. The summed E-state index contributed by atoms with van der Waals surface area (Å²) in [5.74, 6) is 0.115. The van der Waals surface area contributed by atoms with Gasteiger partial charge in [0.25, 0.3) is 0 Å². The zero-order valence-electron chi connectivity index (χ0n) is 10.8. The Labute approximate surface area is 108 Å². The lowest BCUT2D eigenvalue weighted by Crippen LogP contribution is -2.33. The number of benzene rings is 1. The summed E-state index contributed by atoms with van der Waals surface area (Å²) in [6, 6.07) is 6.31. The molecule has 1 aromatic rings. The number of amides is 1. The van der Waals surface area contributed by atoms with E-state index in [2.05, 4.69) is 12.1 Å². The first kappa shape index (κ1) is 12.8. The second kappa shape index (κ2) is 5.80. The van der Waals surface area contributed by atoms with Crippen molar-refractivity contribution in [3.05, 3.63) is 29.3 Å². The number of carbonyl (C=O) groups is 2. The van der Waals surface area contributed by atoms with Crippen LogP contribution in [0.4, 0.5) is 5.69 Å². The first-order valence-corrected chi connectivity index (χ1v) is 6.56. The summed E-state index contributed by atoms with van der Waals surface area (Å²) in [6.45, 7) is 2.44. The van der Waals surface area contributed by atoms with Gasteiger partial charge in [-0.1, -0.05) is 12.1 Å². The summed E-state index contributed by atoms with van der Waals surface area (Å²) in [7, 11) is 0. The van der Waals surface area contributed by atoms with E-state index in [1.807, 2.05) is 11.0 Å². The van der Waals surface area contributed by atoms with E-state index in [1.165, 1.54) is 11.1 Å². The lowest BCUT2D eigenvalue weighted by atomic mass is 9.97. The molecule has 0 atom stereocenters. The fourth-order valence-electron chi connectivity index (χ4n) is 2.52. The molecule has 1 aromatic carbocycles. The molecular formula is C15H19NO2. The van der Waals surface area contributed by atoms with Crippen LogP contribution in [0, 0.1) is 0 Å². The first-order valence-electron chi connectivity index (χ1n) is 6.56. The Bertz CT molecular complexity index is 454. The normalized spacial score (nSPS) is 14.2. The highest BCUT2D eigenvalue weighted by Gasteiger charge is 2.19. The van der Waals surface area contributed by atoms with Crippen molar-refractivity contribution in [1.82, 2.24) is 0 Å². The van der Waals surface area contributed by atoms with Crippen LogP contribution in [0.1, 0.15) is 37.3 Å². The molecule has 0 unspecified atom stereocenters. The maximum absolute atomic E-state index is 11.5. The van der Waals surface area contributed by atoms with Crippen LogP contribution in [-0.4, -0.2) is 18.7 Å². The fourth-order valence-corrected chi connectivity index (χ4v) is 2.52. The van der Waals surface area contributed by atoms with E-state index in [0.717, 1.165) is 44.2 Å². The van der Waals surface area contributed by atoms with Crippen LogP contribution in [-0.2, 0) is 22.4 Å². The molecule has 0 radical (unpaired) electrons.